The summed E-state index contributed by atoms with van der Waals surface area (Å²) in [7, 11) is 0. The zero-order valence-electron chi connectivity index (χ0n) is 15.7. The summed E-state index contributed by atoms with van der Waals surface area (Å²) in [5.74, 6) is 1.18. The van der Waals surface area contributed by atoms with Gasteiger partial charge in [-0.1, -0.05) is 32.9 Å². The van der Waals surface area contributed by atoms with Crippen LogP contribution in [0.5, 0.6) is 0 Å². The lowest BCUT2D eigenvalue weighted by atomic mass is 9.79. The first-order valence-electron chi connectivity index (χ1n) is 9.55. The number of anilines is 1. The van der Waals surface area contributed by atoms with Gasteiger partial charge in [-0.05, 0) is 30.7 Å². The van der Waals surface area contributed by atoms with Crippen LogP contribution in [0.1, 0.15) is 45.6 Å². The van der Waals surface area contributed by atoms with E-state index in [9.17, 15) is 14.3 Å². The second-order valence-electron chi connectivity index (χ2n) is 6.65. The molecule has 0 atom stereocenters. The third-order valence-corrected chi connectivity index (χ3v) is 5.34. The van der Waals surface area contributed by atoms with E-state index >= 15 is 0 Å². The number of rotatable bonds is 4. The molecule has 0 saturated carbocycles. The fourth-order valence-electron chi connectivity index (χ4n) is 3.78. The van der Waals surface area contributed by atoms with Crippen molar-refractivity contribution in [2.75, 3.05) is 31.1 Å². The molecule has 0 unspecified atom stereocenters. The Bertz CT molecular complexity index is 565. The minimum Gasteiger partial charge on any atom is -0.392 e. The van der Waals surface area contributed by atoms with E-state index in [2.05, 4.69) is 4.90 Å². The van der Waals surface area contributed by atoms with Gasteiger partial charge in [0.1, 0.15) is 0 Å². The molecule has 3 rings (SSSR count). The number of aliphatic hydroxyl groups excluding tert-OH is 1. The molecular weight excluding hydrogens is 319 g/mol. The number of nitrogens with zero attached hydrogens (tertiary/aromatic N) is 2. The van der Waals surface area contributed by atoms with E-state index in [4.69, 9.17) is 0 Å². The average Bonchev–Trinajstić information content (AvgIpc) is 2.63. The van der Waals surface area contributed by atoms with Gasteiger partial charge < -0.3 is 14.9 Å². The van der Waals surface area contributed by atoms with E-state index in [0.717, 1.165) is 39.0 Å². The highest BCUT2D eigenvalue weighted by atomic mass is 19.1. The lowest BCUT2D eigenvalue weighted by Gasteiger charge is -2.47. The number of carbonyl (C=O) groups excluding carboxylic acids is 1. The Morgan fingerprint density at radius 3 is 2.40 bits per heavy atom. The van der Waals surface area contributed by atoms with E-state index in [1.54, 1.807) is 18.2 Å². The summed E-state index contributed by atoms with van der Waals surface area (Å²) in [6.45, 7) is 9.12. The first-order valence-corrected chi connectivity index (χ1v) is 9.55. The number of piperidine rings is 1. The molecule has 1 amide bonds. The van der Waals surface area contributed by atoms with E-state index in [1.807, 2.05) is 25.7 Å². The van der Waals surface area contributed by atoms with E-state index in [1.165, 1.54) is 0 Å². The number of benzene rings is 1. The summed E-state index contributed by atoms with van der Waals surface area (Å²) >= 11 is 0. The first-order chi connectivity index (χ1) is 12.1. The van der Waals surface area contributed by atoms with Crippen molar-refractivity contribution in [3.05, 3.63) is 29.6 Å². The first kappa shape index (κ1) is 19.7. The van der Waals surface area contributed by atoms with Crippen molar-refractivity contribution < 1.29 is 14.3 Å². The Labute approximate surface area is 150 Å². The Balaban J connectivity index is 0.00000109. The lowest BCUT2D eigenvalue weighted by molar-refractivity contribution is -0.132. The summed E-state index contributed by atoms with van der Waals surface area (Å²) in [4.78, 5) is 15.7. The third-order valence-electron chi connectivity index (χ3n) is 5.34. The second kappa shape index (κ2) is 9.18. The molecule has 140 valence electrons. The molecular formula is C20H31FN2O2. The largest absolute Gasteiger partial charge is 0.392 e. The minimum absolute atomic E-state index is 0.251. The molecule has 0 radical (unpaired) electrons. The van der Waals surface area contributed by atoms with E-state index in [0.29, 0.717) is 29.5 Å². The van der Waals surface area contributed by atoms with Gasteiger partial charge in [-0.15, -0.1) is 0 Å². The molecule has 4 nitrogen and oxygen atoms in total. The van der Waals surface area contributed by atoms with Crippen LogP contribution in [-0.4, -0.2) is 42.1 Å². The molecule has 0 bridgehead atoms. The van der Waals surface area contributed by atoms with E-state index < -0.39 is 0 Å². The van der Waals surface area contributed by atoms with Crippen molar-refractivity contribution in [1.82, 2.24) is 4.90 Å². The number of amides is 1. The zero-order valence-corrected chi connectivity index (χ0v) is 15.7. The maximum absolute atomic E-state index is 14.2. The normalized spacial score (nSPS) is 18.4. The monoisotopic (exact) mass is 350 g/mol. The summed E-state index contributed by atoms with van der Waals surface area (Å²) in [5, 5.41) is 9.17. The summed E-state index contributed by atoms with van der Waals surface area (Å²) in [6, 6.07) is 5.20. The smallest absolute Gasteiger partial charge is 0.222 e. The van der Waals surface area contributed by atoms with Crippen molar-refractivity contribution in [1.29, 1.82) is 0 Å². The van der Waals surface area contributed by atoms with Crippen LogP contribution in [0.4, 0.5) is 10.1 Å². The molecule has 1 N–H and O–H groups in total. The highest BCUT2D eigenvalue weighted by Crippen LogP contribution is 2.36. The Kier molecular flexibility index (Phi) is 7.24. The van der Waals surface area contributed by atoms with Crippen LogP contribution in [-0.2, 0) is 11.4 Å². The topological polar surface area (TPSA) is 43.8 Å². The van der Waals surface area contributed by atoms with Crippen LogP contribution >= 0.6 is 0 Å². The van der Waals surface area contributed by atoms with Gasteiger partial charge >= 0.3 is 0 Å². The molecule has 1 aromatic rings. The molecule has 2 aliphatic rings. The fourth-order valence-corrected chi connectivity index (χ4v) is 3.78. The fraction of sp³-hybridized carbons (Fsp3) is 0.650. The van der Waals surface area contributed by atoms with Crippen LogP contribution in [0.25, 0.3) is 0 Å². The number of likely N-dealkylation sites (tertiary alicyclic amines) is 1. The second-order valence-corrected chi connectivity index (χ2v) is 6.65. The standard InChI is InChI=1S/C18H25FN2O2.C2H6/c1-2-17(23)20-8-6-13(7-9-20)15-10-21(11-15)16-5-3-4-14(12-22)18(16)19;1-2/h3-5,13,15,22H,2,6-12H2,1H3;1-2H3. The molecule has 2 fully saturated rings. The Morgan fingerprint density at radius 2 is 1.84 bits per heavy atom. The molecule has 0 spiro atoms. The predicted molar refractivity (Wildman–Crippen MR) is 99.0 cm³/mol. The number of halogens is 1. The molecule has 2 saturated heterocycles. The van der Waals surface area contributed by atoms with Gasteiger partial charge in [-0.3, -0.25) is 4.79 Å². The zero-order chi connectivity index (χ0) is 18.4. The van der Waals surface area contributed by atoms with Gasteiger partial charge in [0.2, 0.25) is 5.91 Å². The van der Waals surface area contributed by atoms with Crippen LogP contribution in [0.15, 0.2) is 18.2 Å². The third kappa shape index (κ3) is 4.32. The summed E-state index contributed by atoms with van der Waals surface area (Å²) < 4.78 is 14.2. The van der Waals surface area contributed by atoms with Crippen molar-refractivity contribution in [3.63, 3.8) is 0 Å². The minimum atomic E-state index is -0.295. The SMILES string of the molecule is CC.CCC(=O)N1CCC(C2CN(c3cccc(CO)c3F)C2)CC1. The Hall–Kier alpha value is -1.62. The Morgan fingerprint density at radius 1 is 1.20 bits per heavy atom. The molecule has 2 aliphatic heterocycles. The van der Waals surface area contributed by atoms with Crippen molar-refractivity contribution in [2.45, 2.75) is 46.6 Å². The highest BCUT2D eigenvalue weighted by molar-refractivity contribution is 5.75. The number of hydrogen-bond donors (Lipinski definition) is 1. The molecule has 25 heavy (non-hydrogen) atoms. The molecule has 5 heteroatoms. The highest BCUT2D eigenvalue weighted by Gasteiger charge is 2.36. The summed E-state index contributed by atoms with van der Waals surface area (Å²) in [6.07, 6.45) is 2.70. The van der Waals surface area contributed by atoms with Crippen molar-refractivity contribution >= 4 is 11.6 Å². The van der Waals surface area contributed by atoms with Gasteiger partial charge in [-0.2, -0.15) is 0 Å². The van der Waals surface area contributed by atoms with Crippen LogP contribution in [0.3, 0.4) is 0 Å². The number of carbonyl (C=O) groups is 1. The van der Waals surface area contributed by atoms with Crippen molar-refractivity contribution in [2.24, 2.45) is 11.8 Å². The maximum atomic E-state index is 14.2. The predicted octanol–water partition coefficient (Wildman–Crippen LogP) is 3.43. The maximum Gasteiger partial charge on any atom is 0.222 e. The van der Waals surface area contributed by atoms with Gasteiger partial charge in [0.15, 0.2) is 5.82 Å². The van der Waals surface area contributed by atoms with Crippen LogP contribution < -0.4 is 4.90 Å². The molecule has 0 aromatic heterocycles. The van der Waals surface area contributed by atoms with Gasteiger partial charge in [0.25, 0.3) is 0 Å². The molecule has 0 aliphatic carbocycles. The van der Waals surface area contributed by atoms with Gasteiger partial charge in [0.05, 0.1) is 12.3 Å². The van der Waals surface area contributed by atoms with Gasteiger partial charge in [-0.25, -0.2) is 4.39 Å². The van der Waals surface area contributed by atoms with E-state index in [-0.39, 0.29) is 18.3 Å². The quantitative estimate of drug-likeness (QED) is 0.905. The lowest BCUT2D eigenvalue weighted by Crippen LogP contribution is -2.53. The summed E-state index contributed by atoms with van der Waals surface area (Å²) in [5.41, 5.74) is 0.962. The average molecular weight is 350 g/mol. The number of aliphatic hydroxyl groups is 1. The van der Waals surface area contributed by atoms with Crippen LogP contribution in [0, 0.1) is 17.7 Å². The molecule has 2 heterocycles. The van der Waals surface area contributed by atoms with Crippen LogP contribution in [0.2, 0.25) is 0 Å². The molecule has 1 aromatic carbocycles. The van der Waals surface area contributed by atoms with Crippen molar-refractivity contribution in [3.8, 4) is 0 Å². The number of hydrogen-bond acceptors (Lipinski definition) is 3. The van der Waals surface area contributed by atoms with Gasteiger partial charge in [0, 0.05) is 38.2 Å².